The van der Waals surface area contributed by atoms with E-state index in [9.17, 15) is 19.1 Å². The van der Waals surface area contributed by atoms with Gasteiger partial charge in [0, 0.05) is 54.3 Å². The Balaban J connectivity index is 1.59. The summed E-state index contributed by atoms with van der Waals surface area (Å²) in [5.41, 5.74) is 6.71. The molecule has 1 aromatic heterocycles. The molecule has 0 saturated carbocycles. The highest BCUT2D eigenvalue weighted by Crippen LogP contribution is 2.45. The van der Waals surface area contributed by atoms with Gasteiger partial charge in [-0.3, -0.25) is 9.78 Å². The second kappa shape index (κ2) is 12.0. The Kier molecular flexibility index (Phi) is 8.60. The van der Waals surface area contributed by atoms with Crippen LogP contribution in [0, 0.1) is 25.1 Å². The number of ether oxygens (including phenoxy) is 1. The Labute approximate surface area is 260 Å². The molecule has 1 N–H and O–H groups in total. The number of halogens is 1. The molecule has 7 nitrogen and oxygen atoms in total. The first-order chi connectivity index (χ1) is 20.6. The van der Waals surface area contributed by atoms with Crippen molar-refractivity contribution in [1.29, 1.82) is 0 Å². The van der Waals surface area contributed by atoms with Crippen molar-refractivity contribution in [2.45, 2.75) is 86.0 Å². The summed E-state index contributed by atoms with van der Waals surface area (Å²) in [6.07, 6.45) is 1.45. The summed E-state index contributed by atoms with van der Waals surface area (Å²) in [4.78, 5) is 35.3. The van der Waals surface area contributed by atoms with E-state index in [2.05, 4.69) is 24.8 Å². The first-order valence-electron chi connectivity index (χ1n) is 15.5. The van der Waals surface area contributed by atoms with E-state index in [1.165, 1.54) is 12.1 Å². The number of rotatable bonds is 7. The number of nitrogens with zero attached hydrogens (tertiary/aromatic N) is 3. The lowest BCUT2D eigenvalue weighted by Crippen LogP contribution is -2.39. The maximum Gasteiger partial charge on any atom is 0.337 e. The molecule has 3 heterocycles. The van der Waals surface area contributed by atoms with E-state index < -0.39 is 17.7 Å². The number of aromatic nitrogens is 1. The van der Waals surface area contributed by atoms with Crippen molar-refractivity contribution in [3.05, 3.63) is 81.9 Å². The zero-order chi connectivity index (χ0) is 32.0. The monoisotopic (exact) mass is 601 g/mol. The second-order valence-electron chi connectivity index (χ2n) is 14.0. The third-order valence-electron chi connectivity index (χ3n) is 8.82. The average molecular weight is 602 g/mol. The predicted molar refractivity (Wildman–Crippen MR) is 170 cm³/mol. The number of hydrogen-bond donors (Lipinski definition) is 1. The highest BCUT2D eigenvalue weighted by Gasteiger charge is 2.37. The number of carboxylic acids is 1. The molecule has 0 spiro atoms. The Morgan fingerprint density at radius 3 is 2.32 bits per heavy atom. The molecule has 2 aliphatic rings. The second-order valence-corrected chi connectivity index (χ2v) is 14.0. The number of carbonyl (C=O) groups is 2. The summed E-state index contributed by atoms with van der Waals surface area (Å²) < 4.78 is 19.6. The summed E-state index contributed by atoms with van der Waals surface area (Å²) in [6.45, 7) is 16.5. The van der Waals surface area contributed by atoms with E-state index >= 15 is 0 Å². The number of carbonyl (C=O) groups excluding carboxylic acids is 1. The zero-order valence-electron chi connectivity index (χ0n) is 27.0. The summed E-state index contributed by atoms with van der Waals surface area (Å²) >= 11 is 0. The van der Waals surface area contributed by atoms with Gasteiger partial charge in [0.15, 0.2) is 6.10 Å². The highest BCUT2D eigenvalue weighted by atomic mass is 19.1. The highest BCUT2D eigenvalue weighted by molar-refractivity contribution is 5.98. The van der Waals surface area contributed by atoms with E-state index in [1.807, 2.05) is 46.8 Å². The molecular weight excluding hydrogens is 557 g/mol. The molecule has 1 amide bonds. The van der Waals surface area contributed by atoms with Crippen LogP contribution in [-0.4, -0.2) is 52.1 Å². The van der Waals surface area contributed by atoms with Crippen molar-refractivity contribution >= 4 is 17.6 Å². The lowest BCUT2D eigenvalue weighted by molar-refractivity contribution is -0.160. The Bertz CT molecular complexity index is 1570. The quantitative estimate of drug-likeness (QED) is 0.307. The minimum atomic E-state index is -1.19. The Hall–Kier alpha value is -3.78. The van der Waals surface area contributed by atoms with Gasteiger partial charge in [-0.1, -0.05) is 38.1 Å². The van der Waals surface area contributed by atoms with E-state index in [1.54, 1.807) is 17.0 Å². The predicted octanol–water partition coefficient (Wildman–Crippen LogP) is 7.27. The summed E-state index contributed by atoms with van der Waals surface area (Å²) in [5, 5.41) is 10.5. The fraction of sp³-hybridized carbons (Fsp3) is 0.472. The fourth-order valence-electron chi connectivity index (χ4n) is 6.41. The SMILES string of the molecule is Cc1nc(C)c(C(OC(C)(C)C)C(=O)O)c(N2CCC(C)(C)CC2)c1-c1ccc2c(c1)CCN(Cc1ccc(F)cc1)C2=O. The topological polar surface area (TPSA) is 83.0 Å². The van der Waals surface area contributed by atoms with Gasteiger partial charge in [-0.2, -0.15) is 0 Å². The van der Waals surface area contributed by atoms with Crippen LogP contribution in [0.25, 0.3) is 11.1 Å². The first-order valence-corrected chi connectivity index (χ1v) is 15.5. The molecular formula is C36H44FN3O4. The van der Waals surface area contributed by atoms with E-state index in [0.29, 0.717) is 36.3 Å². The van der Waals surface area contributed by atoms with E-state index in [0.717, 1.165) is 59.6 Å². The number of aryl methyl sites for hydroxylation is 2. The van der Waals surface area contributed by atoms with Crippen LogP contribution in [-0.2, 0) is 22.5 Å². The zero-order valence-corrected chi connectivity index (χ0v) is 27.0. The Morgan fingerprint density at radius 1 is 1.05 bits per heavy atom. The van der Waals surface area contributed by atoms with Crippen molar-refractivity contribution in [2.75, 3.05) is 24.5 Å². The summed E-state index contributed by atoms with van der Waals surface area (Å²) in [5.74, 6) is -1.40. The molecule has 0 radical (unpaired) electrons. The largest absolute Gasteiger partial charge is 0.479 e. The third kappa shape index (κ3) is 6.65. The van der Waals surface area contributed by atoms with Crippen molar-refractivity contribution in [1.82, 2.24) is 9.88 Å². The maximum atomic E-state index is 13.5. The number of anilines is 1. The molecule has 1 saturated heterocycles. The molecule has 2 aromatic carbocycles. The van der Waals surface area contributed by atoms with Crippen LogP contribution in [0.15, 0.2) is 42.5 Å². The number of amides is 1. The van der Waals surface area contributed by atoms with Crippen molar-refractivity contribution in [2.24, 2.45) is 5.41 Å². The van der Waals surface area contributed by atoms with Gasteiger partial charge < -0.3 is 19.6 Å². The molecule has 2 aliphatic heterocycles. The van der Waals surface area contributed by atoms with Gasteiger partial charge in [0.1, 0.15) is 5.82 Å². The number of hydrogen-bond acceptors (Lipinski definition) is 5. The first kappa shape index (κ1) is 31.6. The van der Waals surface area contributed by atoms with Crippen LogP contribution in [0.4, 0.5) is 10.1 Å². The van der Waals surface area contributed by atoms with Gasteiger partial charge in [-0.05, 0) is 94.2 Å². The molecule has 1 atom stereocenters. The number of aliphatic carboxylic acids is 1. The van der Waals surface area contributed by atoms with Crippen LogP contribution in [0.2, 0.25) is 0 Å². The Morgan fingerprint density at radius 2 is 1.70 bits per heavy atom. The smallest absolute Gasteiger partial charge is 0.337 e. The van der Waals surface area contributed by atoms with Crippen molar-refractivity contribution < 1.29 is 23.8 Å². The van der Waals surface area contributed by atoms with Crippen LogP contribution >= 0.6 is 0 Å². The molecule has 1 fully saturated rings. The third-order valence-corrected chi connectivity index (χ3v) is 8.82. The number of piperidine rings is 1. The lowest BCUT2D eigenvalue weighted by Gasteiger charge is -2.41. The van der Waals surface area contributed by atoms with Crippen LogP contribution in [0.3, 0.4) is 0 Å². The van der Waals surface area contributed by atoms with E-state index in [-0.39, 0.29) is 17.1 Å². The van der Waals surface area contributed by atoms with Gasteiger partial charge in [0.25, 0.3) is 5.91 Å². The molecule has 8 heteroatoms. The molecule has 234 valence electrons. The number of benzene rings is 2. The summed E-state index contributed by atoms with van der Waals surface area (Å²) in [7, 11) is 0. The number of pyridine rings is 1. The van der Waals surface area contributed by atoms with Crippen molar-refractivity contribution in [3.8, 4) is 11.1 Å². The van der Waals surface area contributed by atoms with Crippen LogP contribution in [0.5, 0.6) is 0 Å². The number of fused-ring (bicyclic) bond motifs is 1. The van der Waals surface area contributed by atoms with Gasteiger partial charge in [-0.25, -0.2) is 9.18 Å². The van der Waals surface area contributed by atoms with Gasteiger partial charge in [0.2, 0.25) is 0 Å². The minimum Gasteiger partial charge on any atom is -0.479 e. The van der Waals surface area contributed by atoms with Crippen LogP contribution in [0.1, 0.15) is 92.0 Å². The maximum absolute atomic E-state index is 13.5. The molecule has 1 unspecified atom stereocenters. The number of carboxylic acid groups (broad SMARTS) is 1. The minimum absolute atomic E-state index is 0.0513. The molecule has 0 aliphatic carbocycles. The van der Waals surface area contributed by atoms with Crippen molar-refractivity contribution in [3.63, 3.8) is 0 Å². The molecule has 44 heavy (non-hydrogen) atoms. The molecule has 5 rings (SSSR count). The van der Waals surface area contributed by atoms with Gasteiger partial charge >= 0.3 is 5.97 Å². The van der Waals surface area contributed by atoms with E-state index in [4.69, 9.17) is 9.72 Å². The average Bonchev–Trinajstić information content (AvgIpc) is 2.94. The lowest BCUT2D eigenvalue weighted by atomic mass is 9.81. The standard InChI is InChI=1S/C36H44FN3O4/c1-22-29(26-10-13-28-25(20-26)14-17-40(33(28)41)21-24-8-11-27(37)12-9-24)31(39-18-15-36(6,7)16-19-39)30(23(2)38-22)32(34(42)43)44-35(3,4)5/h8-13,20,32H,14-19,21H2,1-7H3,(H,42,43). The summed E-state index contributed by atoms with van der Waals surface area (Å²) in [6, 6.07) is 12.2. The van der Waals surface area contributed by atoms with Gasteiger partial charge in [-0.15, -0.1) is 0 Å². The molecule has 0 bridgehead atoms. The normalized spacial score (nSPS) is 17.4. The van der Waals surface area contributed by atoms with Crippen LogP contribution < -0.4 is 4.90 Å². The van der Waals surface area contributed by atoms with Gasteiger partial charge in [0.05, 0.1) is 11.3 Å². The molecule has 3 aromatic rings. The fourth-order valence-corrected chi connectivity index (χ4v) is 6.41.